The lowest BCUT2D eigenvalue weighted by Gasteiger charge is -2.31. The average Bonchev–Trinajstić information content (AvgIpc) is 2.25. The summed E-state index contributed by atoms with van der Waals surface area (Å²) in [6, 6.07) is 0.505. The van der Waals surface area contributed by atoms with Crippen molar-refractivity contribution in [3.05, 3.63) is 12.2 Å². The third-order valence-corrected chi connectivity index (χ3v) is 2.95. The Morgan fingerprint density at radius 1 is 1.36 bits per heavy atom. The molecule has 0 saturated heterocycles. The van der Waals surface area contributed by atoms with Gasteiger partial charge in [0.25, 0.3) is 0 Å². The molecule has 0 aromatic carbocycles. The van der Waals surface area contributed by atoms with E-state index in [4.69, 9.17) is 5.73 Å². The van der Waals surface area contributed by atoms with Gasteiger partial charge in [-0.3, -0.25) is 4.90 Å². The topological polar surface area (TPSA) is 29.3 Å². The predicted molar refractivity (Wildman–Crippen MR) is 62.3 cm³/mol. The van der Waals surface area contributed by atoms with Crippen LogP contribution in [0.2, 0.25) is 0 Å². The number of nitrogens with two attached hydrogens (primary N) is 1. The lowest BCUT2D eigenvalue weighted by Crippen LogP contribution is -2.42. The van der Waals surface area contributed by atoms with Crippen LogP contribution in [-0.4, -0.2) is 30.6 Å². The summed E-state index contributed by atoms with van der Waals surface area (Å²) in [6.45, 7) is 5.45. The Bertz CT molecular complexity index is 166. The summed E-state index contributed by atoms with van der Waals surface area (Å²) in [5, 5.41) is 0. The fraction of sp³-hybridized carbons (Fsp3) is 0.833. The molecule has 1 heterocycles. The third-order valence-electron chi connectivity index (χ3n) is 2.95. The molecule has 0 saturated carbocycles. The van der Waals surface area contributed by atoms with Gasteiger partial charge in [0.05, 0.1) is 0 Å². The van der Waals surface area contributed by atoms with E-state index >= 15 is 0 Å². The van der Waals surface area contributed by atoms with Gasteiger partial charge in [-0.25, -0.2) is 0 Å². The van der Waals surface area contributed by atoms with E-state index in [-0.39, 0.29) is 0 Å². The van der Waals surface area contributed by atoms with Crippen molar-refractivity contribution in [1.29, 1.82) is 0 Å². The standard InChI is InChI=1S/C12H24N2/c1-2-3-4-6-9-14-10-7-5-8-12(14)11-13/h5,8,12H,2-4,6-7,9-11,13H2,1H3. The van der Waals surface area contributed by atoms with Crippen LogP contribution in [0.3, 0.4) is 0 Å². The van der Waals surface area contributed by atoms with E-state index in [9.17, 15) is 0 Å². The van der Waals surface area contributed by atoms with Crippen LogP contribution in [-0.2, 0) is 0 Å². The molecule has 1 aliphatic heterocycles. The van der Waals surface area contributed by atoms with E-state index in [1.54, 1.807) is 0 Å². The van der Waals surface area contributed by atoms with Gasteiger partial charge in [0.1, 0.15) is 0 Å². The van der Waals surface area contributed by atoms with E-state index < -0.39 is 0 Å². The molecule has 1 atom stereocenters. The van der Waals surface area contributed by atoms with Crippen molar-refractivity contribution in [3.8, 4) is 0 Å². The summed E-state index contributed by atoms with van der Waals surface area (Å²) < 4.78 is 0. The van der Waals surface area contributed by atoms with E-state index in [1.807, 2.05) is 0 Å². The van der Waals surface area contributed by atoms with Crippen LogP contribution in [0.5, 0.6) is 0 Å². The van der Waals surface area contributed by atoms with Crippen LogP contribution in [0.25, 0.3) is 0 Å². The molecule has 1 unspecified atom stereocenters. The summed E-state index contributed by atoms with van der Waals surface area (Å²) in [4.78, 5) is 2.52. The monoisotopic (exact) mass is 196 g/mol. The SMILES string of the molecule is CCCCCCN1CCC=CC1CN. The molecule has 0 radical (unpaired) electrons. The molecule has 82 valence electrons. The van der Waals surface area contributed by atoms with Crippen LogP contribution in [0.4, 0.5) is 0 Å². The highest BCUT2D eigenvalue weighted by Gasteiger charge is 2.15. The summed E-state index contributed by atoms with van der Waals surface area (Å²) >= 11 is 0. The highest BCUT2D eigenvalue weighted by molar-refractivity contribution is 4.99. The number of unbranched alkanes of at least 4 members (excludes halogenated alkanes) is 3. The van der Waals surface area contributed by atoms with Crippen LogP contribution in [0.15, 0.2) is 12.2 Å². The van der Waals surface area contributed by atoms with Crippen molar-refractivity contribution < 1.29 is 0 Å². The first-order valence-electron chi connectivity index (χ1n) is 5.99. The van der Waals surface area contributed by atoms with Gasteiger partial charge in [-0.2, -0.15) is 0 Å². The van der Waals surface area contributed by atoms with Crippen molar-refractivity contribution in [2.45, 2.75) is 45.1 Å². The maximum absolute atomic E-state index is 5.73. The van der Waals surface area contributed by atoms with Gasteiger partial charge in [0, 0.05) is 19.1 Å². The second-order valence-corrected chi connectivity index (χ2v) is 4.12. The fourth-order valence-corrected chi connectivity index (χ4v) is 2.03. The maximum atomic E-state index is 5.73. The molecule has 0 fully saturated rings. The Labute approximate surface area is 88.2 Å². The molecule has 14 heavy (non-hydrogen) atoms. The molecule has 0 bridgehead atoms. The number of hydrogen-bond donors (Lipinski definition) is 1. The summed E-state index contributed by atoms with van der Waals surface area (Å²) in [7, 11) is 0. The number of nitrogens with zero attached hydrogens (tertiary/aromatic N) is 1. The van der Waals surface area contributed by atoms with Crippen LogP contribution in [0, 0.1) is 0 Å². The minimum Gasteiger partial charge on any atom is -0.329 e. The maximum Gasteiger partial charge on any atom is 0.0401 e. The molecule has 0 amide bonds. The zero-order valence-corrected chi connectivity index (χ0v) is 9.41. The lowest BCUT2D eigenvalue weighted by atomic mass is 10.1. The average molecular weight is 196 g/mol. The van der Waals surface area contributed by atoms with Gasteiger partial charge < -0.3 is 5.73 Å². The molecular weight excluding hydrogens is 172 g/mol. The van der Waals surface area contributed by atoms with E-state index in [0.29, 0.717) is 6.04 Å². The van der Waals surface area contributed by atoms with Crippen molar-refractivity contribution in [2.24, 2.45) is 5.73 Å². The molecule has 2 heteroatoms. The largest absolute Gasteiger partial charge is 0.329 e. The van der Waals surface area contributed by atoms with Crippen molar-refractivity contribution in [2.75, 3.05) is 19.6 Å². The summed E-state index contributed by atoms with van der Waals surface area (Å²) in [5.74, 6) is 0. The Morgan fingerprint density at radius 3 is 2.93 bits per heavy atom. The molecule has 0 spiro atoms. The van der Waals surface area contributed by atoms with Crippen LogP contribution >= 0.6 is 0 Å². The highest BCUT2D eigenvalue weighted by atomic mass is 15.2. The first kappa shape index (κ1) is 11.7. The van der Waals surface area contributed by atoms with Crippen LogP contribution in [0.1, 0.15) is 39.0 Å². The zero-order valence-electron chi connectivity index (χ0n) is 9.41. The molecule has 2 nitrogen and oxygen atoms in total. The van der Waals surface area contributed by atoms with Gasteiger partial charge in [0.2, 0.25) is 0 Å². The first-order valence-corrected chi connectivity index (χ1v) is 5.99. The first-order chi connectivity index (χ1) is 6.88. The molecule has 0 aromatic heterocycles. The van der Waals surface area contributed by atoms with E-state index in [1.165, 1.54) is 45.2 Å². The zero-order chi connectivity index (χ0) is 10.2. The Kier molecular flexibility index (Phi) is 5.88. The van der Waals surface area contributed by atoms with Gasteiger partial charge >= 0.3 is 0 Å². The van der Waals surface area contributed by atoms with Gasteiger partial charge in [-0.15, -0.1) is 0 Å². The van der Waals surface area contributed by atoms with Crippen molar-refractivity contribution in [3.63, 3.8) is 0 Å². The Hall–Kier alpha value is -0.340. The molecule has 0 aromatic rings. The minimum absolute atomic E-state index is 0.505. The molecule has 2 N–H and O–H groups in total. The van der Waals surface area contributed by atoms with Crippen molar-refractivity contribution in [1.82, 2.24) is 4.90 Å². The second kappa shape index (κ2) is 7.02. The van der Waals surface area contributed by atoms with Crippen LogP contribution < -0.4 is 5.73 Å². The van der Waals surface area contributed by atoms with E-state index in [0.717, 1.165) is 6.54 Å². The quantitative estimate of drug-likeness (QED) is 0.521. The Morgan fingerprint density at radius 2 is 2.21 bits per heavy atom. The minimum atomic E-state index is 0.505. The summed E-state index contributed by atoms with van der Waals surface area (Å²) in [6.07, 6.45) is 11.1. The molecule has 0 aliphatic carbocycles. The highest BCUT2D eigenvalue weighted by Crippen LogP contribution is 2.11. The fourth-order valence-electron chi connectivity index (χ4n) is 2.03. The smallest absolute Gasteiger partial charge is 0.0401 e. The lowest BCUT2D eigenvalue weighted by molar-refractivity contribution is 0.222. The molecule has 1 rings (SSSR count). The van der Waals surface area contributed by atoms with Gasteiger partial charge in [0.15, 0.2) is 0 Å². The Balaban J connectivity index is 2.18. The van der Waals surface area contributed by atoms with Crippen molar-refractivity contribution >= 4 is 0 Å². The number of rotatable bonds is 6. The number of hydrogen-bond acceptors (Lipinski definition) is 2. The van der Waals surface area contributed by atoms with Gasteiger partial charge in [-0.1, -0.05) is 38.3 Å². The second-order valence-electron chi connectivity index (χ2n) is 4.12. The van der Waals surface area contributed by atoms with Gasteiger partial charge in [-0.05, 0) is 19.4 Å². The van der Waals surface area contributed by atoms with E-state index in [2.05, 4.69) is 24.0 Å². The summed E-state index contributed by atoms with van der Waals surface area (Å²) in [5.41, 5.74) is 5.73. The normalized spacial score (nSPS) is 22.9. The third kappa shape index (κ3) is 3.81. The molecule has 1 aliphatic rings. The predicted octanol–water partition coefficient (Wildman–Crippen LogP) is 2.16. The molecular formula is C12H24N2.